The number of hydrogen-bond acceptors (Lipinski definition) is 3. The van der Waals surface area contributed by atoms with E-state index in [9.17, 15) is 0 Å². The molecule has 1 aliphatic heterocycles. The fourth-order valence-corrected chi connectivity index (χ4v) is 3.71. The summed E-state index contributed by atoms with van der Waals surface area (Å²) in [5.74, 6) is 0. The molecule has 142 valence electrons. The molecule has 2 aromatic carbocycles. The van der Waals surface area contributed by atoms with Crippen molar-refractivity contribution >= 4 is 34.9 Å². The van der Waals surface area contributed by atoms with Gasteiger partial charge in [-0.15, -0.1) is 0 Å². The molecule has 0 bridgehead atoms. The van der Waals surface area contributed by atoms with Crippen LogP contribution < -0.4 is 15.6 Å². The van der Waals surface area contributed by atoms with Gasteiger partial charge in [-0.3, -0.25) is 5.43 Å². The Hall–Kier alpha value is -2.40. The topological polar surface area (TPSA) is 39.7 Å². The standard InChI is InChI=1S/C22H28N4S/c1-4-11-26-12-5-6-19-14-18(8-10-21(19)26)15-23-25-22(27)24-20-9-7-16(2)13-17(20)3/h7-10,13-15H,4-6,11-12H2,1-3H3,(H2,24,25,27)/b23-15-. The van der Waals surface area contributed by atoms with E-state index in [-0.39, 0.29) is 0 Å². The average molecular weight is 381 g/mol. The first-order chi connectivity index (χ1) is 13.1. The maximum Gasteiger partial charge on any atom is 0.191 e. The Bertz CT molecular complexity index is 844. The Labute approximate surface area is 167 Å². The molecule has 2 aromatic rings. The third-order valence-electron chi connectivity index (χ3n) is 4.82. The Morgan fingerprint density at radius 1 is 1.22 bits per heavy atom. The van der Waals surface area contributed by atoms with Gasteiger partial charge in [0.2, 0.25) is 0 Å². The van der Waals surface area contributed by atoms with Gasteiger partial charge in [-0.1, -0.05) is 30.7 Å². The van der Waals surface area contributed by atoms with Crippen LogP contribution in [0.25, 0.3) is 0 Å². The molecule has 0 atom stereocenters. The Balaban J connectivity index is 1.60. The zero-order valence-corrected chi connectivity index (χ0v) is 17.2. The summed E-state index contributed by atoms with van der Waals surface area (Å²) >= 11 is 5.34. The van der Waals surface area contributed by atoms with Crippen LogP contribution in [-0.2, 0) is 6.42 Å². The Kier molecular flexibility index (Phi) is 6.45. The van der Waals surface area contributed by atoms with E-state index in [0.29, 0.717) is 5.11 Å². The van der Waals surface area contributed by atoms with Gasteiger partial charge >= 0.3 is 0 Å². The number of rotatable bonds is 5. The summed E-state index contributed by atoms with van der Waals surface area (Å²) in [6.45, 7) is 8.67. The monoisotopic (exact) mass is 380 g/mol. The number of benzene rings is 2. The average Bonchev–Trinajstić information content (AvgIpc) is 2.64. The number of nitrogens with zero attached hydrogens (tertiary/aromatic N) is 2. The summed E-state index contributed by atoms with van der Waals surface area (Å²) in [5.41, 5.74) is 10.2. The molecule has 3 rings (SSSR count). The molecule has 4 nitrogen and oxygen atoms in total. The van der Waals surface area contributed by atoms with E-state index in [1.165, 1.54) is 29.7 Å². The van der Waals surface area contributed by atoms with Crippen LogP contribution in [0.1, 0.15) is 42.0 Å². The van der Waals surface area contributed by atoms with Gasteiger partial charge < -0.3 is 10.2 Å². The van der Waals surface area contributed by atoms with E-state index in [4.69, 9.17) is 12.2 Å². The molecule has 0 aromatic heterocycles. The zero-order chi connectivity index (χ0) is 19.2. The van der Waals surface area contributed by atoms with E-state index >= 15 is 0 Å². The van der Waals surface area contributed by atoms with E-state index < -0.39 is 0 Å². The van der Waals surface area contributed by atoms with Crippen molar-refractivity contribution in [2.45, 2.75) is 40.0 Å². The normalized spacial score (nSPS) is 13.5. The fraction of sp³-hybridized carbons (Fsp3) is 0.364. The van der Waals surface area contributed by atoms with Gasteiger partial charge in [-0.2, -0.15) is 5.10 Å². The van der Waals surface area contributed by atoms with Crippen molar-refractivity contribution in [2.75, 3.05) is 23.3 Å². The molecule has 0 aliphatic carbocycles. The third kappa shape index (κ3) is 5.07. The van der Waals surface area contributed by atoms with Gasteiger partial charge in [0.1, 0.15) is 0 Å². The first kappa shape index (κ1) is 19.4. The summed E-state index contributed by atoms with van der Waals surface area (Å²) in [5, 5.41) is 7.98. The molecule has 0 saturated heterocycles. The van der Waals surface area contributed by atoms with Crippen molar-refractivity contribution in [1.82, 2.24) is 5.43 Å². The number of thiocarbonyl (C=S) groups is 1. The van der Waals surface area contributed by atoms with E-state index in [1.54, 1.807) is 0 Å². The number of hydrogen-bond donors (Lipinski definition) is 2. The van der Waals surface area contributed by atoms with Crippen LogP contribution in [-0.4, -0.2) is 24.4 Å². The van der Waals surface area contributed by atoms with Gasteiger partial charge in [0, 0.05) is 24.5 Å². The summed E-state index contributed by atoms with van der Waals surface area (Å²) in [6.07, 6.45) is 5.36. The van der Waals surface area contributed by atoms with Crippen LogP contribution in [0.2, 0.25) is 0 Å². The SMILES string of the molecule is CCCN1CCCc2cc(/C=N\NC(=S)Nc3ccc(C)cc3C)ccc21. The molecule has 0 fully saturated rings. The fourth-order valence-electron chi connectivity index (χ4n) is 3.55. The van der Waals surface area contributed by atoms with E-state index in [2.05, 4.69) is 71.8 Å². The molecule has 1 heterocycles. The second-order valence-corrected chi connectivity index (χ2v) is 7.53. The molecule has 0 saturated carbocycles. The first-order valence-electron chi connectivity index (χ1n) is 9.62. The number of nitrogens with one attached hydrogen (secondary N) is 2. The summed E-state index contributed by atoms with van der Waals surface area (Å²) < 4.78 is 0. The van der Waals surface area contributed by atoms with E-state index in [0.717, 1.165) is 36.3 Å². The Morgan fingerprint density at radius 2 is 2.07 bits per heavy atom. The molecule has 27 heavy (non-hydrogen) atoms. The number of hydrazone groups is 1. The molecule has 0 amide bonds. The molecule has 0 unspecified atom stereocenters. The first-order valence-corrected chi connectivity index (χ1v) is 10.0. The molecular weight excluding hydrogens is 352 g/mol. The van der Waals surface area contributed by atoms with E-state index in [1.807, 2.05) is 12.3 Å². The Morgan fingerprint density at radius 3 is 2.85 bits per heavy atom. The lowest BCUT2D eigenvalue weighted by atomic mass is 9.99. The molecular formula is C22H28N4S. The van der Waals surface area contributed by atoms with Crippen LogP contribution in [0.4, 0.5) is 11.4 Å². The highest BCUT2D eigenvalue weighted by Crippen LogP contribution is 2.27. The lowest BCUT2D eigenvalue weighted by molar-refractivity contribution is 0.681. The molecule has 1 aliphatic rings. The van der Waals surface area contributed by atoms with Crippen molar-refractivity contribution < 1.29 is 0 Å². The van der Waals surface area contributed by atoms with Crippen molar-refractivity contribution in [3.8, 4) is 0 Å². The summed E-state index contributed by atoms with van der Waals surface area (Å²) in [4.78, 5) is 2.49. The quantitative estimate of drug-likeness (QED) is 0.445. The summed E-state index contributed by atoms with van der Waals surface area (Å²) in [7, 11) is 0. The predicted octanol–water partition coefficient (Wildman–Crippen LogP) is 4.79. The second-order valence-electron chi connectivity index (χ2n) is 7.12. The highest BCUT2D eigenvalue weighted by atomic mass is 32.1. The number of anilines is 2. The number of fused-ring (bicyclic) bond motifs is 1. The van der Waals surface area contributed by atoms with Gasteiger partial charge in [0.05, 0.1) is 6.21 Å². The maximum atomic E-state index is 5.34. The van der Waals surface area contributed by atoms with Crippen molar-refractivity contribution in [2.24, 2.45) is 5.10 Å². The van der Waals surface area contributed by atoms with Crippen LogP contribution >= 0.6 is 12.2 Å². The van der Waals surface area contributed by atoms with Crippen LogP contribution in [0.15, 0.2) is 41.5 Å². The minimum Gasteiger partial charge on any atom is -0.371 e. The molecule has 0 spiro atoms. The lowest BCUT2D eigenvalue weighted by Crippen LogP contribution is -2.30. The lowest BCUT2D eigenvalue weighted by Gasteiger charge is -2.31. The van der Waals surface area contributed by atoms with Gasteiger partial charge in [0.15, 0.2) is 5.11 Å². The minimum absolute atomic E-state index is 0.491. The largest absolute Gasteiger partial charge is 0.371 e. The van der Waals surface area contributed by atoms with Crippen molar-refractivity contribution in [3.05, 3.63) is 58.7 Å². The number of aryl methyl sites for hydroxylation is 3. The third-order valence-corrected chi connectivity index (χ3v) is 5.02. The molecule has 2 N–H and O–H groups in total. The van der Waals surface area contributed by atoms with Crippen LogP contribution in [0, 0.1) is 13.8 Å². The minimum atomic E-state index is 0.491. The van der Waals surface area contributed by atoms with Crippen LogP contribution in [0.5, 0.6) is 0 Å². The van der Waals surface area contributed by atoms with Gasteiger partial charge in [0.25, 0.3) is 0 Å². The van der Waals surface area contributed by atoms with Crippen molar-refractivity contribution in [3.63, 3.8) is 0 Å². The predicted molar refractivity (Wildman–Crippen MR) is 120 cm³/mol. The molecule has 0 radical (unpaired) electrons. The highest BCUT2D eigenvalue weighted by molar-refractivity contribution is 7.80. The highest BCUT2D eigenvalue weighted by Gasteiger charge is 2.15. The zero-order valence-electron chi connectivity index (χ0n) is 16.4. The van der Waals surface area contributed by atoms with Gasteiger partial charge in [-0.25, -0.2) is 0 Å². The van der Waals surface area contributed by atoms with Crippen molar-refractivity contribution in [1.29, 1.82) is 0 Å². The van der Waals surface area contributed by atoms with Crippen LogP contribution in [0.3, 0.4) is 0 Å². The smallest absolute Gasteiger partial charge is 0.191 e. The van der Waals surface area contributed by atoms with Gasteiger partial charge in [-0.05, 0) is 80.2 Å². The molecule has 5 heteroatoms. The second kappa shape index (κ2) is 9.00. The summed E-state index contributed by atoms with van der Waals surface area (Å²) in [6, 6.07) is 12.8. The maximum absolute atomic E-state index is 5.34.